The van der Waals surface area contributed by atoms with Gasteiger partial charge >= 0.3 is 0 Å². The highest BCUT2D eigenvalue weighted by molar-refractivity contribution is 4.58. The lowest BCUT2D eigenvalue weighted by molar-refractivity contribution is 0.123. The summed E-state index contributed by atoms with van der Waals surface area (Å²) in [7, 11) is 1.67. The number of rotatable bonds is 8. The second-order valence-electron chi connectivity index (χ2n) is 2.97. The molecule has 0 fully saturated rings. The summed E-state index contributed by atoms with van der Waals surface area (Å²) >= 11 is 0. The fourth-order valence-electron chi connectivity index (χ4n) is 0.991. The Labute approximate surface area is 75.2 Å². The van der Waals surface area contributed by atoms with E-state index in [2.05, 4.69) is 6.92 Å². The Kier molecular flexibility index (Phi) is 8.88. The van der Waals surface area contributed by atoms with Gasteiger partial charge in [-0.2, -0.15) is 0 Å². The van der Waals surface area contributed by atoms with Crippen LogP contribution in [0.15, 0.2) is 0 Å². The van der Waals surface area contributed by atoms with Gasteiger partial charge < -0.3 is 15.2 Å². The van der Waals surface area contributed by atoms with Gasteiger partial charge in [-0.15, -0.1) is 0 Å². The predicted octanol–water partition coefficient (Wildman–Crippen LogP) is 1.17. The van der Waals surface area contributed by atoms with Gasteiger partial charge in [0.1, 0.15) is 0 Å². The summed E-state index contributed by atoms with van der Waals surface area (Å²) in [6, 6.07) is 0.167. The van der Waals surface area contributed by atoms with Crippen LogP contribution in [0.3, 0.4) is 0 Å². The van der Waals surface area contributed by atoms with Gasteiger partial charge in [-0.25, -0.2) is 0 Å². The highest BCUT2D eigenvalue weighted by Crippen LogP contribution is 1.95. The van der Waals surface area contributed by atoms with Gasteiger partial charge in [0, 0.05) is 26.4 Å². The van der Waals surface area contributed by atoms with Crippen LogP contribution in [-0.4, -0.2) is 33.0 Å². The van der Waals surface area contributed by atoms with Gasteiger partial charge in [0.2, 0.25) is 0 Å². The van der Waals surface area contributed by atoms with Gasteiger partial charge in [0.25, 0.3) is 0 Å². The van der Waals surface area contributed by atoms with E-state index >= 15 is 0 Å². The second kappa shape index (κ2) is 8.97. The van der Waals surface area contributed by atoms with Gasteiger partial charge in [0.05, 0.1) is 6.61 Å². The quantitative estimate of drug-likeness (QED) is 0.563. The average molecular weight is 175 g/mol. The highest BCUT2D eigenvalue weighted by atomic mass is 16.5. The maximum atomic E-state index is 5.72. The molecule has 3 heteroatoms. The van der Waals surface area contributed by atoms with Crippen LogP contribution in [0.1, 0.15) is 26.2 Å². The number of methoxy groups -OCH3 is 1. The minimum Gasteiger partial charge on any atom is -0.383 e. The van der Waals surface area contributed by atoms with E-state index < -0.39 is 0 Å². The molecule has 0 saturated heterocycles. The molecule has 74 valence electrons. The third kappa shape index (κ3) is 7.98. The number of nitrogens with two attached hydrogens (primary N) is 1. The summed E-state index contributed by atoms with van der Waals surface area (Å²) in [6.07, 6.45) is 3.10. The molecule has 0 radical (unpaired) electrons. The summed E-state index contributed by atoms with van der Waals surface area (Å²) in [5.41, 5.74) is 5.72. The summed E-state index contributed by atoms with van der Waals surface area (Å²) in [4.78, 5) is 0. The van der Waals surface area contributed by atoms with E-state index in [-0.39, 0.29) is 6.04 Å². The normalized spacial score (nSPS) is 13.2. The van der Waals surface area contributed by atoms with Crippen molar-refractivity contribution in [2.24, 2.45) is 5.73 Å². The van der Waals surface area contributed by atoms with Crippen LogP contribution in [0.25, 0.3) is 0 Å². The van der Waals surface area contributed by atoms with Crippen molar-refractivity contribution in [3.05, 3.63) is 0 Å². The zero-order chi connectivity index (χ0) is 9.23. The van der Waals surface area contributed by atoms with E-state index in [1.54, 1.807) is 7.11 Å². The van der Waals surface area contributed by atoms with Crippen molar-refractivity contribution in [1.29, 1.82) is 0 Å². The van der Waals surface area contributed by atoms with E-state index in [9.17, 15) is 0 Å². The first-order valence-electron chi connectivity index (χ1n) is 4.63. The topological polar surface area (TPSA) is 44.5 Å². The largest absolute Gasteiger partial charge is 0.383 e. The van der Waals surface area contributed by atoms with E-state index in [0.717, 1.165) is 32.5 Å². The van der Waals surface area contributed by atoms with Crippen molar-refractivity contribution in [2.45, 2.75) is 32.2 Å². The summed E-state index contributed by atoms with van der Waals surface area (Å²) in [5, 5.41) is 0. The number of hydrogen-bond donors (Lipinski definition) is 1. The Morgan fingerprint density at radius 3 is 2.67 bits per heavy atom. The first-order chi connectivity index (χ1) is 5.81. The SMILES string of the molecule is CCCOCCCC(N)COC. The first kappa shape index (κ1) is 11.9. The van der Waals surface area contributed by atoms with Gasteiger partial charge in [0.15, 0.2) is 0 Å². The minimum atomic E-state index is 0.167. The van der Waals surface area contributed by atoms with Crippen molar-refractivity contribution >= 4 is 0 Å². The first-order valence-corrected chi connectivity index (χ1v) is 4.63. The van der Waals surface area contributed by atoms with Gasteiger partial charge in [-0.3, -0.25) is 0 Å². The molecule has 0 saturated carbocycles. The molecule has 1 atom stereocenters. The highest BCUT2D eigenvalue weighted by Gasteiger charge is 2.00. The standard InChI is InChI=1S/C9H21NO2/c1-3-6-12-7-4-5-9(10)8-11-2/h9H,3-8,10H2,1-2H3. The van der Waals surface area contributed by atoms with Crippen molar-refractivity contribution < 1.29 is 9.47 Å². The Morgan fingerprint density at radius 1 is 1.33 bits per heavy atom. The van der Waals surface area contributed by atoms with E-state index in [1.807, 2.05) is 0 Å². The summed E-state index contributed by atoms with van der Waals surface area (Å²) < 4.78 is 10.2. The van der Waals surface area contributed by atoms with Crippen LogP contribution in [-0.2, 0) is 9.47 Å². The lowest BCUT2D eigenvalue weighted by Gasteiger charge is -2.09. The molecule has 0 spiro atoms. The molecule has 0 rings (SSSR count). The van der Waals surface area contributed by atoms with E-state index in [4.69, 9.17) is 15.2 Å². The molecule has 0 aliphatic carbocycles. The minimum absolute atomic E-state index is 0.167. The Bertz CT molecular complexity index is 88.6. The maximum absolute atomic E-state index is 5.72. The zero-order valence-electron chi connectivity index (χ0n) is 8.21. The molecular formula is C9H21NO2. The third-order valence-electron chi connectivity index (χ3n) is 1.59. The Balaban J connectivity index is 2.97. The van der Waals surface area contributed by atoms with Crippen LogP contribution < -0.4 is 5.73 Å². The number of ether oxygens (including phenoxy) is 2. The molecule has 0 heterocycles. The molecule has 0 bridgehead atoms. The van der Waals surface area contributed by atoms with Crippen LogP contribution in [0.5, 0.6) is 0 Å². The predicted molar refractivity (Wildman–Crippen MR) is 50.2 cm³/mol. The monoisotopic (exact) mass is 175 g/mol. The fourth-order valence-corrected chi connectivity index (χ4v) is 0.991. The van der Waals surface area contributed by atoms with Gasteiger partial charge in [-0.05, 0) is 19.3 Å². The molecule has 0 aliphatic heterocycles. The van der Waals surface area contributed by atoms with Crippen molar-refractivity contribution in [1.82, 2.24) is 0 Å². The van der Waals surface area contributed by atoms with Gasteiger partial charge in [-0.1, -0.05) is 6.92 Å². The lowest BCUT2D eigenvalue weighted by atomic mass is 10.2. The van der Waals surface area contributed by atoms with Crippen LogP contribution in [0, 0.1) is 0 Å². The molecule has 12 heavy (non-hydrogen) atoms. The fraction of sp³-hybridized carbons (Fsp3) is 1.00. The van der Waals surface area contributed by atoms with Crippen LogP contribution in [0.4, 0.5) is 0 Å². The van der Waals surface area contributed by atoms with Crippen molar-refractivity contribution in [2.75, 3.05) is 26.9 Å². The molecule has 1 unspecified atom stereocenters. The smallest absolute Gasteiger partial charge is 0.0613 e. The van der Waals surface area contributed by atoms with Crippen molar-refractivity contribution in [3.63, 3.8) is 0 Å². The van der Waals surface area contributed by atoms with E-state index in [1.165, 1.54) is 0 Å². The third-order valence-corrected chi connectivity index (χ3v) is 1.59. The number of hydrogen-bond acceptors (Lipinski definition) is 3. The molecule has 2 N–H and O–H groups in total. The Hall–Kier alpha value is -0.120. The molecule has 0 aromatic carbocycles. The molecule has 0 aromatic heterocycles. The van der Waals surface area contributed by atoms with Crippen molar-refractivity contribution in [3.8, 4) is 0 Å². The Morgan fingerprint density at radius 2 is 2.08 bits per heavy atom. The second-order valence-corrected chi connectivity index (χ2v) is 2.97. The zero-order valence-corrected chi connectivity index (χ0v) is 8.21. The molecule has 3 nitrogen and oxygen atoms in total. The molecule has 0 aliphatic rings. The lowest BCUT2D eigenvalue weighted by Crippen LogP contribution is -2.25. The van der Waals surface area contributed by atoms with E-state index in [0.29, 0.717) is 6.61 Å². The maximum Gasteiger partial charge on any atom is 0.0613 e. The summed E-state index contributed by atoms with van der Waals surface area (Å²) in [6.45, 7) is 4.44. The average Bonchev–Trinajstić information content (AvgIpc) is 2.05. The molecule has 0 aromatic rings. The summed E-state index contributed by atoms with van der Waals surface area (Å²) in [5.74, 6) is 0. The molecular weight excluding hydrogens is 154 g/mol. The van der Waals surface area contributed by atoms with Crippen LogP contribution in [0.2, 0.25) is 0 Å². The molecule has 0 amide bonds. The van der Waals surface area contributed by atoms with Crippen LogP contribution >= 0.6 is 0 Å².